The fourth-order valence-electron chi connectivity index (χ4n) is 1.37. The van der Waals surface area contributed by atoms with Gasteiger partial charge in [0.25, 0.3) is 0 Å². The quantitative estimate of drug-likeness (QED) is 0.570. The summed E-state index contributed by atoms with van der Waals surface area (Å²) < 4.78 is 10.6. The van der Waals surface area contributed by atoms with Gasteiger partial charge >= 0.3 is 0 Å². The predicted octanol–water partition coefficient (Wildman–Crippen LogP) is 1.29. The molecule has 1 fully saturated rings. The summed E-state index contributed by atoms with van der Waals surface area (Å²) in [4.78, 5) is 0. The van der Waals surface area contributed by atoms with Crippen molar-refractivity contribution < 1.29 is 9.47 Å². The van der Waals surface area contributed by atoms with Gasteiger partial charge in [-0.15, -0.1) is 0 Å². The second-order valence-electron chi connectivity index (χ2n) is 4.28. The first-order valence-electron chi connectivity index (χ1n) is 5.60. The summed E-state index contributed by atoms with van der Waals surface area (Å²) in [6.45, 7) is 6.80. The molecule has 84 valence electrons. The Morgan fingerprint density at radius 2 is 2.21 bits per heavy atom. The maximum atomic E-state index is 5.51. The van der Waals surface area contributed by atoms with Gasteiger partial charge in [-0.05, 0) is 31.2 Å². The zero-order valence-electron chi connectivity index (χ0n) is 9.42. The minimum Gasteiger partial charge on any atom is -0.384 e. The van der Waals surface area contributed by atoms with Gasteiger partial charge in [0.05, 0.1) is 6.61 Å². The van der Waals surface area contributed by atoms with Gasteiger partial charge in [-0.1, -0.05) is 6.92 Å². The van der Waals surface area contributed by atoms with Crippen molar-refractivity contribution in [2.45, 2.75) is 19.8 Å². The average molecular weight is 201 g/mol. The van der Waals surface area contributed by atoms with Crippen LogP contribution in [0.3, 0.4) is 0 Å². The van der Waals surface area contributed by atoms with Crippen LogP contribution in [0.4, 0.5) is 0 Å². The molecular weight excluding hydrogens is 178 g/mol. The lowest BCUT2D eigenvalue weighted by atomic mass is 10.2. The van der Waals surface area contributed by atoms with Gasteiger partial charge in [0.15, 0.2) is 0 Å². The van der Waals surface area contributed by atoms with Crippen LogP contribution in [0.2, 0.25) is 0 Å². The molecule has 1 saturated carbocycles. The molecule has 0 aliphatic heterocycles. The molecule has 1 atom stereocenters. The van der Waals surface area contributed by atoms with Crippen molar-refractivity contribution in [1.82, 2.24) is 5.32 Å². The molecule has 0 radical (unpaired) electrons. The molecule has 0 spiro atoms. The lowest BCUT2D eigenvalue weighted by molar-refractivity contribution is 0.122. The van der Waals surface area contributed by atoms with Crippen LogP contribution in [-0.4, -0.2) is 40.0 Å². The number of hydrogen-bond acceptors (Lipinski definition) is 3. The minimum absolute atomic E-state index is 0.587. The van der Waals surface area contributed by atoms with E-state index in [4.69, 9.17) is 9.47 Å². The smallest absolute Gasteiger partial charge is 0.0591 e. The normalized spacial score (nSPS) is 18.4. The van der Waals surface area contributed by atoms with Crippen molar-refractivity contribution in [2.24, 2.45) is 11.8 Å². The third kappa shape index (κ3) is 6.35. The molecule has 0 aromatic carbocycles. The van der Waals surface area contributed by atoms with Crippen LogP contribution in [-0.2, 0) is 9.47 Å². The Bertz CT molecular complexity index is 137. The van der Waals surface area contributed by atoms with Gasteiger partial charge in [-0.25, -0.2) is 0 Å². The van der Waals surface area contributed by atoms with Gasteiger partial charge in [-0.2, -0.15) is 0 Å². The van der Waals surface area contributed by atoms with E-state index in [0.717, 1.165) is 38.8 Å². The van der Waals surface area contributed by atoms with Crippen molar-refractivity contribution in [1.29, 1.82) is 0 Å². The van der Waals surface area contributed by atoms with Crippen LogP contribution in [0.5, 0.6) is 0 Å². The summed E-state index contributed by atoms with van der Waals surface area (Å²) in [5, 5.41) is 3.36. The highest BCUT2D eigenvalue weighted by Crippen LogP contribution is 2.28. The SMILES string of the molecule is COCC(C)CNCCOCC1CC1. The van der Waals surface area contributed by atoms with Crippen LogP contribution in [0.25, 0.3) is 0 Å². The first kappa shape index (κ1) is 12.0. The molecule has 1 aliphatic carbocycles. The van der Waals surface area contributed by atoms with E-state index in [1.165, 1.54) is 12.8 Å². The van der Waals surface area contributed by atoms with E-state index in [1.807, 2.05) is 0 Å². The molecule has 1 rings (SSSR count). The Morgan fingerprint density at radius 1 is 1.43 bits per heavy atom. The second-order valence-corrected chi connectivity index (χ2v) is 4.28. The lowest BCUT2D eigenvalue weighted by Gasteiger charge is -2.11. The van der Waals surface area contributed by atoms with Crippen LogP contribution in [0.15, 0.2) is 0 Å². The molecule has 0 aromatic rings. The summed E-state index contributed by atoms with van der Waals surface area (Å²) in [6, 6.07) is 0. The monoisotopic (exact) mass is 201 g/mol. The topological polar surface area (TPSA) is 30.5 Å². The van der Waals surface area contributed by atoms with Crippen molar-refractivity contribution in [3.63, 3.8) is 0 Å². The Hall–Kier alpha value is -0.120. The van der Waals surface area contributed by atoms with Crippen LogP contribution < -0.4 is 5.32 Å². The first-order valence-corrected chi connectivity index (χ1v) is 5.60. The molecule has 1 unspecified atom stereocenters. The van der Waals surface area contributed by atoms with Crippen LogP contribution >= 0.6 is 0 Å². The average Bonchev–Trinajstić information content (AvgIpc) is 2.95. The Kier molecular flexibility index (Phi) is 6.15. The molecule has 0 saturated heterocycles. The third-order valence-corrected chi connectivity index (χ3v) is 2.42. The summed E-state index contributed by atoms with van der Waals surface area (Å²) in [6.07, 6.45) is 2.75. The molecule has 0 amide bonds. The lowest BCUT2D eigenvalue weighted by Crippen LogP contribution is -2.27. The Labute approximate surface area is 87.2 Å². The highest BCUT2D eigenvalue weighted by atomic mass is 16.5. The molecule has 14 heavy (non-hydrogen) atoms. The molecule has 1 aliphatic rings. The molecule has 0 bridgehead atoms. The van der Waals surface area contributed by atoms with E-state index in [1.54, 1.807) is 7.11 Å². The second kappa shape index (κ2) is 7.21. The number of nitrogens with one attached hydrogen (secondary N) is 1. The van der Waals surface area contributed by atoms with Crippen molar-refractivity contribution in [2.75, 3.05) is 40.0 Å². The van der Waals surface area contributed by atoms with Gasteiger partial charge in [0.1, 0.15) is 0 Å². The summed E-state index contributed by atoms with van der Waals surface area (Å²) in [5.74, 6) is 1.46. The zero-order valence-corrected chi connectivity index (χ0v) is 9.42. The van der Waals surface area contributed by atoms with E-state index >= 15 is 0 Å². The summed E-state index contributed by atoms with van der Waals surface area (Å²) >= 11 is 0. The molecule has 3 heteroatoms. The summed E-state index contributed by atoms with van der Waals surface area (Å²) in [5.41, 5.74) is 0. The van der Waals surface area contributed by atoms with Gasteiger partial charge < -0.3 is 14.8 Å². The van der Waals surface area contributed by atoms with Crippen LogP contribution in [0.1, 0.15) is 19.8 Å². The molecule has 3 nitrogen and oxygen atoms in total. The van der Waals surface area contributed by atoms with Crippen molar-refractivity contribution >= 4 is 0 Å². The molecular formula is C11H23NO2. The number of hydrogen-bond donors (Lipinski definition) is 1. The van der Waals surface area contributed by atoms with Gasteiger partial charge in [-0.3, -0.25) is 0 Å². The molecule has 0 aromatic heterocycles. The highest BCUT2D eigenvalue weighted by Gasteiger charge is 2.20. The maximum Gasteiger partial charge on any atom is 0.0591 e. The molecule has 0 heterocycles. The summed E-state index contributed by atoms with van der Waals surface area (Å²) in [7, 11) is 1.75. The van der Waals surface area contributed by atoms with E-state index in [0.29, 0.717) is 5.92 Å². The highest BCUT2D eigenvalue weighted by molar-refractivity contribution is 4.71. The first-order chi connectivity index (χ1) is 6.83. The third-order valence-electron chi connectivity index (χ3n) is 2.42. The largest absolute Gasteiger partial charge is 0.384 e. The predicted molar refractivity (Wildman–Crippen MR) is 57.5 cm³/mol. The zero-order chi connectivity index (χ0) is 10.2. The van der Waals surface area contributed by atoms with Crippen LogP contribution in [0, 0.1) is 11.8 Å². The maximum absolute atomic E-state index is 5.51. The number of methoxy groups -OCH3 is 1. The van der Waals surface area contributed by atoms with Crippen molar-refractivity contribution in [3.8, 4) is 0 Å². The van der Waals surface area contributed by atoms with Crippen molar-refractivity contribution in [3.05, 3.63) is 0 Å². The Balaban J connectivity index is 1.74. The fraction of sp³-hybridized carbons (Fsp3) is 1.00. The number of ether oxygens (including phenoxy) is 2. The minimum atomic E-state index is 0.587. The number of rotatable bonds is 9. The van der Waals surface area contributed by atoms with E-state index < -0.39 is 0 Å². The van der Waals surface area contributed by atoms with E-state index in [-0.39, 0.29) is 0 Å². The van der Waals surface area contributed by atoms with E-state index in [2.05, 4.69) is 12.2 Å². The fourth-order valence-corrected chi connectivity index (χ4v) is 1.37. The van der Waals surface area contributed by atoms with Gasteiger partial charge in [0.2, 0.25) is 0 Å². The van der Waals surface area contributed by atoms with E-state index in [9.17, 15) is 0 Å². The Morgan fingerprint density at radius 3 is 2.86 bits per heavy atom. The van der Waals surface area contributed by atoms with Gasteiger partial charge in [0, 0.05) is 26.9 Å². The molecule has 1 N–H and O–H groups in total. The standard InChI is InChI=1S/C11H23NO2/c1-10(8-13-2)7-12-5-6-14-9-11-3-4-11/h10-12H,3-9H2,1-2H3.